The van der Waals surface area contributed by atoms with Crippen molar-refractivity contribution in [2.75, 3.05) is 26.4 Å². The lowest BCUT2D eigenvalue weighted by Gasteiger charge is -2.42. The molecule has 0 amide bonds. The Hall–Kier alpha value is -1.50. The number of esters is 2. The summed E-state index contributed by atoms with van der Waals surface area (Å²) in [5, 5.41) is 72.4. The Morgan fingerprint density at radius 1 is 0.359 bits per heavy atom. The Bertz CT molecular complexity index is 1360. The van der Waals surface area contributed by atoms with Crippen LogP contribution in [-0.4, -0.2) is 142 Å². The third-order valence-corrected chi connectivity index (χ3v) is 16.1. The fourth-order valence-electron chi connectivity index (χ4n) is 10.8. The molecule has 2 heterocycles. The van der Waals surface area contributed by atoms with Crippen LogP contribution in [-0.2, 0) is 38.0 Å². The average molecular weight is 1120 g/mol. The smallest absolute Gasteiger partial charge is 0.306 e. The van der Waals surface area contributed by atoms with Crippen LogP contribution in [0.25, 0.3) is 0 Å². The average Bonchev–Trinajstić information content (AvgIpc) is 3.44. The van der Waals surface area contributed by atoms with Crippen molar-refractivity contribution in [3.8, 4) is 0 Å². The Morgan fingerprint density at radius 2 is 0.654 bits per heavy atom. The van der Waals surface area contributed by atoms with Gasteiger partial charge in [0.2, 0.25) is 0 Å². The number of aliphatic hydroxyl groups excluding tert-OH is 7. The van der Waals surface area contributed by atoms with Gasteiger partial charge in [-0.2, -0.15) is 0 Å². The number of hydrogen-bond donors (Lipinski definition) is 7. The van der Waals surface area contributed by atoms with Crippen LogP contribution in [0.5, 0.6) is 0 Å². The van der Waals surface area contributed by atoms with E-state index in [4.69, 9.17) is 28.4 Å². The molecule has 0 aromatic heterocycles. The molecule has 0 aromatic rings. The van der Waals surface area contributed by atoms with Crippen LogP contribution in [0.15, 0.2) is 0 Å². The predicted octanol–water partition coefficient (Wildman–Crippen LogP) is 12.3. The number of unbranched alkanes of at least 4 members (excludes halogenated alkanes) is 40. The van der Waals surface area contributed by atoms with Gasteiger partial charge in [0.05, 0.1) is 19.8 Å². The molecule has 0 saturated carbocycles. The van der Waals surface area contributed by atoms with Gasteiger partial charge in [-0.25, -0.2) is 0 Å². The summed E-state index contributed by atoms with van der Waals surface area (Å²) in [4.78, 5) is 26.0. The molecular weight excluding hydrogens is 997 g/mol. The Kier molecular flexibility index (Phi) is 46.6. The van der Waals surface area contributed by atoms with Gasteiger partial charge in [0.1, 0.15) is 55.4 Å². The van der Waals surface area contributed by atoms with Gasteiger partial charge in [0, 0.05) is 12.8 Å². The fourth-order valence-corrected chi connectivity index (χ4v) is 10.8. The van der Waals surface area contributed by atoms with Crippen molar-refractivity contribution in [3.63, 3.8) is 0 Å². The molecule has 2 saturated heterocycles. The molecule has 78 heavy (non-hydrogen) atoms. The Balaban J connectivity index is 1.69. The molecule has 0 aliphatic carbocycles. The van der Waals surface area contributed by atoms with E-state index < -0.39 is 92.7 Å². The maximum absolute atomic E-state index is 13.1. The maximum atomic E-state index is 13.1. The zero-order valence-electron chi connectivity index (χ0n) is 49.7. The first-order chi connectivity index (χ1) is 38.0. The highest BCUT2D eigenvalue weighted by Gasteiger charge is 2.47. The molecule has 2 fully saturated rings. The zero-order chi connectivity index (χ0) is 56.7. The largest absolute Gasteiger partial charge is 0.462 e. The van der Waals surface area contributed by atoms with E-state index in [0.29, 0.717) is 12.8 Å². The minimum absolute atomic E-state index is 0.174. The van der Waals surface area contributed by atoms with Crippen LogP contribution in [0.3, 0.4) is 0 Å². The minimum Gasteiger partial charge on any atom is -0.462 e. The first-order valence-electron chi connectivity index (χ1n) is 32.6. The molecule has 0 radical (unpaired) electrons. The van der Waals surface area contributed by atoms with Gasteiger partial charge >= 0.3 is 11.9 Å². The van der Waals surface area contributed by atoms with E-state index in [9.17, 15) is 45.3 Å². The van der Waals surface area contributed by atoms with Crippen LogP contribution < -0.4 is 0 Å². The van der Waals surface area contributed by atoms with Gasteiger partial charge in [0.15, 0.2) is 18.7 Å². The van der Waals surface area contributed by atoms with Crippen LogP contribution >= 0.6 is 0 Å². The summed E-state index contributed by atoms with van der Waals surface area (Å²) >= 11 is 0. The van der Waals surface area contributed by atoms with E-state index in [0.717, 1.165) is 38.5 Å². The van der Waals surface area contributed by atoms with Crippen molar-refractivity contribution < 1.29 is 73.8 Å². The predicted molar refractivity (Wildman–Crippen MR) is 308 cm³/mol. The highest BCUT2D eigenvalue weighted by molar-refractivity contribution is 5.70. The number of carbonyl (C=O) groups is 2. The molecule has 7 N–H and O–H groups in total. The van der Waals surface area contributed by atoms with Crippen LogP contribution in [0.4, 0.5) is 0 Å². The summed E-state index contributed by atoms with van der Waals surface area (Å²) in [6.45, 7) is 2.68. The molecule has 2 aliphatic heterocycles. The highest BCUT2D eigenvalue weighted by atomic mass is 16.7. The van der Waals surface area contributed by atoms with Crippen molar-refractivity contribution >= 4 is 11.9 Å². The number of hydrogen-bond acceptors (Lipinski definition) is 15. The second-order valence-corrected chi connectivity index (χ2v) is 23.3. The van der Waals surface area contributed by atoms with E-state index in [-0.39, 0.29) is 26.1 Å². The van der Waals surface area contributed by atoms with Crippen molar-refractivity contribution in [2.24, 2.45) is 0 Å². The lowest BCUT2D eigenvalue weighted by molar-refractivity contribution is -0.332. The quantitative estimate of drug-likeness (QED) is 0.0222. The number of aliphatic hydroxyl groups is 7. The van der Waals surface area contributed by atoms with Crippen molar-refractivity contribution in [1.82, 2.24) is 0 Å². The summed E-state index contributed by atoms with van der Waals surface area (Å²) in [6.07, 6.45) is 37.0. The third kappa shape index (κ3) is 36.2. The molecule has 0 bridgehead atoms. The Labute approximate surface area is 474 Å². The van der Waals surface area contributed by atoms with Crippen molar-refractivity contribution in [2.45, 2.75) is 364 Å². The highest BCUT2D eigenvalue weighted by Crippen LogP contribution is 2.27. The van der Waals surface area contributed by atoms with Gasteiger partial charge in [-0.3, -0.25) is 9.59 Å². The molecule has 462 valence electrons. The van der Waals surface area contributed by atoms with Crippen molar-refractivity contribution in [1.29, 1.82) is 0 Å². The van der Waals surface area contributed by atoms with Gasteiger partial charge in [0.25, 0.3) is 0 Å². The molecule has 11 atom stereocenters. The first kappa shape index (κ1) is 72.6. The summed E-state index contributed by atoms with van der Waals surface area (Å²) in [5.41, 5.74) is 0. The second kappa shape index (κ2) is 50.1. The summed E-state index contributed by atoms with van der Waals surface area (Å²) in [6, 6.07) is 0. The number of carbonyl (C=O) groups excluding carboxylic acids is 2. The molecule has 2 rings (SSSR count). The van der Waals surface area contributed by atoms with E-state index in [1.807, 2.05) is 0 Å². The monoisotopic (exact) mass is 1120 g/mol. The lowest BCUT2D eigenvalue weighted by Crippen LogP contribution is -2.61. The summed E-state index contributed by atoms with van der Waals surface area (Å²) < 4.78 is 33.8. The van der Waals surface area contributed by atoms with Crippen LogP contribution in [0, 0.1) is 0 Å². The first-order valence-corrected chi connectivity index (χ1v) is 32.6. The van der Waals surface area contributed by atoms with Gasteiger partial charge in [-0.05, 0) is 12.8 Å². The summed E-state index contributed by atoms with van der Waals surface area (Å²) in [7, 11) is 0. The van der Waals surface area contributed by atoms with E-state index in [1.165, 1.54) is 218 Å². The lowest BCUT2D eigenvalue weighted by atomic mass is 9.98. The molecule has 4 unspecified atom stereocenters. The molecular formula is C63H120O15. The minimum atomic E-state index is -1.76. The zero-order valence-corrected chi connectivity index (χ0v) is 49.7. The molecule has 15 nitrogen and oxygen atoms in total. The normalized spacial score (nSPS) is 23.9. The Morgan fingerprint density at radius 3 is 1.00 bits per heavy atom. The summed E-state index contributed by atoms with van der Waals surface area (Å²) in [5.74, 6) is -0.899. The van der Waals surface area contributed by atoms with Crippen LogP contribution in [0.2, 0.25) is 0 Å². The third-order valence-electron chi connectivity index (χ3n) is 16.1. The fraction of sp³-hybridized carbons (Fsp3) is 0.968. The van der Waals surface area contributed by atoms with Gasteiger partial charge in [-0.15, -0.1) is 0 Å². The molecule has 0 spiro atoms. The van der Waals surface area contributed by atoms with Crippen molar-refractivity contribution in [3.05, 3.63) is 0 Å². The SMILES string of the molecule is CCCCCCCCCCCCCCCCCCCCCCCC(=O)OC[C@@H](CO[C@@H]1O[C@H](CO[C@@H]2O[C@H](CO)[C@H](O)C(O)C2O)[C@H](O)C(O)C1O)OC(=O)CCCCCCCCCCCCCCCCCCCCCCC. The standard InChI is InChI=1S/C63H120O15/c1-3-5-7-9-11-13-15-17-19-21-23-25-27-29-31-33-35-37-39-41-43-45-54(65)73-48-51(49-74-62-61(72)59(70)57(68)53(78-62)50-75-63-60(71)58(69)56(67)52(47-64)77-63)76-55(66)46-44-42-40-38-36-34-32-30-28-26-24-22-20-18-16-14-12-10-8-6-4-2/h51-53,56-64,67-72H,3-50H2,1-2H3/t51-,52+,53+,56-,57-,58?,59?,60?,61?,62+,63+/m0/s1. The van der Waals surface area contributed by atoms with Gasteiger partial charge in [-0.1, -0.05) is 271 Å². The van der Waals surface area contributed by atoms with E-state index in [1.54, 1.807) is 0 Å². The topological polar surface area (TPSA) is 231 Å². The number of rotatable bonds is 54. The van der Waals surface area contributed by atoms with Crippen LogP contribution in [0.1, 0.15) is 296 Å². The molecule has 2 aliphatic rings. The maximum Gasteiger partial charge on any atom is 0.306 e. The molecule has 0 aromatic carbocycles. The molecule has 15 heteroatoms. The second-order valence-electron chi connectivity index (χ2n) is 23.3. The van der Waals surface area contributed by atoms with Gasteiger partial charge < -0.3 is 64.2 Å². The van der Waals surface area contributed by atoms with E-state index in [2.05, 4.69) is 13.8 Å². The number of ether oxygens (including phenoxy) is 6. The van der Waals surface area contributed by atoms with E-state index >= 15 is 0 Å².